The van der Waals surface area contributed by atoms with Gasteiger partial charge in [0.1, 0.15) is 11.2 Å². The van der Waals surface area contributed by atoms with Crippen LogP contribution in [0.15, 0.2) is 17.0 Å². The summed E-state index contributed by atoms with van der Waals surface area (Å²) >= 11 is 0. The van der Waals surface area contributed by atoms with Crippen LogP contribution in [-0.4, -0.2) is 26.1 Å². The van der Waals surface area contributed by atoms with Crippen molar-refractivity contribution < 1.29 is 22.7 Å². The molecule has 0 radical (unpaired) electrons. The van der Waals surface area contributed by atoms with E-state index in [1.54, 1.807) is 6.92 Å². The first-order valence-corrected chi connectivity index (χ1v) is 6.83. The molecule has 4 nitrogen and oxygen atoms in total. The summed E-state index contributed by atoms with van der Waals surface area (Å²) < 4.78 is 36.1. The van der Waals surface area contributed by atoms with E-state index in [1.807, 2.05) is 0 Å². The van der Waals surface area contributed by atoms with E-state index in [0.29, 0.717) is 6.29 Å². The number of sulfone groups is 1. The molecule has 0 heterocycles. The molecule has 0 aromatic heterocycles. The van der Waals surface area contributed by atoms with Gasteiger partial charge >= 0.3 is 0 Å². The van der Waals surface area contributed by atoms with Crippen LogP contribution in [0.1, 0.15) is 24.8 Å². The average molecular weight is 260 g/mol. The molecular weight excluding hydrogens is 247 g/mol. The number of phenols is 1. The largest absolute Gasteiger partial charge is 0.505 e. The van der Waals surface area contributed by atoms with Crippen LogP contribution in [0.4, 0.5) is 4.39 Å². The van der Waals surface area contributed by atoms with Crippen LogP contribution in [0.2, 0.25) is 0 Å². The highest BCUT2D eigenvalue weighted by Gasteiger charge is 2.21. The molecule has 1 N–H and O–H groups in total. The van der Waals surface area contributed by atoms with Gasteiger partial charge in [-0.15, -0.1) is 0 Å². The summed E-state index contributed by atoms with van der Waals surface area (Å²) in [6.45, 7) is 1.64. The smallest absolute Gasteiger partial charge is 0.183 e. The molecule has 94 valence electrons. The molecule has 17 heavy (non-hydrogen) atoms. The summed E-state index contributed by atoms with van der Waals surface area (Å²) in [6.07, 6.45) is 1.65. The lowest BCUT2D eigenvalue weighted by molar-refractivity contribution is -0.108. The standard InChI is InChI=1S/C11H13FO4S/c1-7(5-6-13)8-3-4-9(17(2,15)16)10(12)11(8)14/h3-4,6-7,14H,5H2,1-2H3. The lowest BCUT2D eigenvalue weighted by atomic mass is 9.97. The van der Waals surface area contributed by atoms with Crippen molar-refractivity contribution in [2.24, 2.45) is 0 Å². The minimum Gasteiger partial charge on any atom is -0.505 e. The first-order valence-electron chi connectivity index (χ1n) is 4.94. The van der Waals surface area contributed by atoms with Crippen molar-refractivity contribution in [1.82, 2.24) is 0 Å². The van der Waals surface area contributed by atoms with Gasteiger partial charge in [-0.25, -0.2) is 12.8 Å². The van der Waals surface area contributed by atoms with Crippen molar-refractivity contribution >= 4 is 16.1 Å². The maximum absolute atomic E-state index is 13.6. The number of hydrogen-bond acceptors (Lipinski definition) is 4. The molecule has 0 fully saturated rings. The number of hydrogen-bond donors (Lipinski definition) is 1. The van der Waals surface area contributed by atoms with E-state index in [4.69, 9.17) is 0 Å². The molecule has 0 bridgehead atoms. The molecule has 0 saturated heterocycles. The van der Waals surface area contributed by atoms with E-state index in [0.717, 1.165) is 12.3 Å². The summed E-state index contributed by atoms with van der Waals surface area (Å²) in [5.41, 5.74) is 0.224. The zero-order valence-electron chi connectivity index (χ0n) is 9.47. The summed E-state index contributed by atoms with van der Waals surface area (Å²) in [6, 6.07) is 2.42. The first-order chi connectivity index (χ1) is 7.79. The number of aromatic hydroxyl groups is 1. The Morgan fingerprint density at radius 2 is 2.06 bits per heavy atom. The molecule has 0 spiro atoms. The molecule has 0 aliphatic heterocycles. The van der Waals surface area contributed by atoms with E-state index in [2.05, 4.69) is 0 Å². The zero-order chi connectivity index (χ0) is 13.2. The van der Waals surface area contributed by atoms with Gasteiger partial charge in [0.2, 0.25) is 0 Å². The number of halogens is 1. The fourth-order valence-electron chi connectivity index (χ4n) is 1.52. The van der Waals surface area contributed by atoms with Gasteiger partial charge in [0.25, 0.3) is 0 Å². The molecule has 1 unspecified atom stereocenters. The third-order valence-electron chi connectivity index (χ3n) is 2.49. The van der Waals surface area contributed by atoms with Crippen LogP contribution in [0, 0.1) is 5.82 Å². The van der Waals surface area contributed by atoms with Crippen molar-refractivity contribution in [3.63, 3.8) is 0 Å². The Labute approximate surface area is 99.0 Å². The molecule has 1 atom stereocenters. The number of benzene rings is 1. The van der Waals surface area contributed by atoms with Crippen LogP contribution in [0.25, 0.3) is 0 Å². The van der Waals surface area contributed by atoms with Gasteiger partial charge in [-0.1, -0.05) is 13.0 Å². The minimum absolute atomic E-state index is 0.130. The van der Waals surface area contributed by atoms with E-state index >= 15 is 0 Å². The molecular formula is C11H13FO4S. The zero-order valence-corrected chi connectivity index (χ0v) is 10.3. The summed E-state index contributed by atoms with van der Waals surface area (Å²) in [7, 11) is -3.72. The van der Waals surface area contributed by atoms with Gasteiger partial charge in [0.15, 0.2) is 21.4 Å². The molecule has 1 aromatic carbocycles. The maximum Gasteiger partial charge on any atom is 0.183 e. The van der Waals surface area contributed by atoms with Crippen LogP contribution in [0.3, 0.4) is 0 Å². The average Bonchev–Trinajstić information content (AvgIpc) is 2.20. The van der Waals surface area contributed by atoms with Crippen molar-refractivity contribution in [3.05, 3.63) is 23.5 Å². The molecule has 1 aromatic rings. The van der Waals surface area contributed by atoms with Crippen LogP contribution >= 0.6 is 0 Å². The van der Waals surface area contributed by atoms with Gasteiger partial charge in [0.05, 0.1) is 0 Å². The fourth-order valence-corrected chi connectivity index (χ4v) is 2.25. The normalized spacial score (nSPS) is 13.4. The minimum atomic E-state index is -3.72. The van der Waals surface area contributed by atoms with E-state index in [1.165, 1.54) is 6.07 Å². The van der Waals surface area contributed by atoms with Crippen molar-refractivity contribution in [2.75, 3.05) is 6.26 Å². The van der Waals surface area contributed by atoms with E-state index in [-0.39, 0.29) is 17.9 Å². The highest BCUT2D eigenvalue weighted by atomic mass is 32.2. The molecule has 0 aliphatic rings. The molecule has 0 amide bonds. The summed E-state index contributed by atoms with van der Waals surface area (Å²) in [4.78, 5) is 9.80. The predicted octanol–water partition coefficient (Wildman–Crippen LogP) is 1.63. The molecule has 6 heteroatoms. The van der Waals surface area contributed by atoms with Crippen molar-refractivity contribution in [3.8, 4) is 5.75 Å². The second-order valence-corrected chi connectivity index (χ2v) is 5.88. The SMILES string of the molecule is CC(CC=O)c1ccc(S(C)(=O)=O)c(F)c1O. The van der Waals surface area contributed by atoms with Gasteiger partial charge < -0.3 is 9.90 Å². The Morgan fingerprint density at radius 1 is 1.47 bits per heavy atom. The van der Waals surface area contributed by atoms with Crippen molar-refractivity contribution in [2.45, 2.75) is 24.2 Å². The van der Waals surface area contributed by atoms with Gasteiger partial charge in [0, 0.05) is 18.2 Å². The predicted molar refractivity (Wildman–Crippen MR) is 60.3 cm³/mol. The Morgan fingerprint density at radius 3 is 2.53 bits per heavy atom. The maximum atomic E-state index is 13.6. The summed E-state index contributed by atoms with van der Waals surface area (Å²) in [5.74, 6) is -2.24. The second-order valence-electron chi connectivity index (χ2n) is 3.89. The highest BCUT2D eigenvalue weighted by Crippen LogP contribution is 2.33. The van der Waals surface area contributed by atoms with Crippen LogP contribution < -0.4 is 0 Å². The van der Waals surface area contributed by atoms with Crippen LogP contribution in [-0.2, 0) is 14.6 Å². The molecule has 0 aliphatic carbocycles. The Bertz CT molecular complexity index is 537. The third-order valence-corrected chi connectivity index (χ3v) is 3.61. The van der Waals surface area contributed by atoms with Gasteiger partial charge in [-0.05, 0) is 12.0 Å². The number of aldehydes is 1. The topological polar surface area (TPSA) is 71.4 Å². The lowest BCUT2D eigenvalue weighted by Gasteiger charge is -2.12. The number of carbonyl (C=O) groups excluding carboxylic acids is 1. The Hall–Kier alpha value is -1.43. The Kier molecular flexibility index (Phi) is 3.87. The quantitative estimate of drug-likeness (QED) is 0.835. The third kappa shape index (κ3) is 2.82. The lowest BCUT2D eigenvalue weighted by Crippen LogP contribution is -2.04. The van der Waals surface area contributed by atoms with Gasteiger partial charge in [-0.2, -0.15) is 0 Å². The number of carbonyl (C=O) groups is 1. The fraction of sp³-hybridized carbons (Fsp3) is 0.364. The van der Waals surface area contributed by atoms with Crippen molar-refractivity contribution in [1.29, 1.82) is 0 Å². The highest BCUT2D eigenvalue weighted by molar-refractivity contribution is 7.90. The number of phenolic OH excluding ortho intramolecular Hbond substituents is 1. The monoisotopic (exact) mass is 260 g/mol. The first kappa shape index (κ1) is 13.6. The molecule has 0 saturated carbocycles. The molecule has 1 rings (SSSR count). The van der Waals surface area contributed by atoms with Gasteiger partial charge in [-0.3, -0.25) is 0 Å². The van der Waals surface area contributed by atoms with E-state index in [9.17, 15) is 22.7 Å². The summed E-state index contributed by atoms with van der Waals surface area (Å²) in [5, 5.41) is 9.58. The number of rotatable bonds is 4. The second kappa shape index (κ2) is 4.83. The van der Waals surface area contributed by atoms with Crippen LogP contribution in [0.5, 0.6) is 5.75 Å². The van der Waals surface area contributed by atoms with E-state index < -0.39 is 26.3 Å². The Balaban J connectivity index is 3.34.